The van der Waals surface area contributed by atoms with E-state index in [1.165, 1.54) is 51.4 Å². The van der Waals surface area contributed by atoms with Gasteiger partial charge in [0, 0.05) is 33.9 Å². The number of unbranched alkanes of at least 4 members (excludes halogenated alkanes) is 3. The molecule has 1 fully saturated rings. The molecule has 22 heavy (non-hydrogen) atoms. The van der Waals surface area contributed by atoms with E-state index >= 15 is 0 Å². The zero-order valence-electron chi connectivity index (χ0n) is 14.7. The van der Waals surface area contributed by atoms with Gasteiger partial charge in [0.2, 0.25) is 0 Å². The van der Waals surface area contributed by atoms with Crippen LogP contribution in [0.1, 0.15) is 64.7 Å². The van der Waals surface area contributed by atoms with Crippen LogP contribution in [-0.2, 0) is 4.74 Å². The van der Waals surface area contributed by atoms with Crippen molar-refractivity contribution < 1.29 is 4.74 Å². The van der Waals surface area contributed by atoms with Crippen LogP contribution in [0.4, 0.5) is 0 Å². The molecule has 0 aliphatic heterocycles. The van der Waals surface area contributed by atoms with Crippen LogP contribution in [0.2, 0.25) is 0 Å². The maximum Gasteiger partial charge on any atom is 0.190 e. The minimum atomic E-state index is 0. The molecule has 0 aromatic carbocycles. The number of nitrogens with zero attached hydrogens (tertiary/aromatic N) is 1. The summed E-state index contributed by atoms with van der Waals surface area (Å²) < 4.78 is 5.29. The first kappa shape index (κ1) is 22.0. The molecule has 132 valence electrons. The van der Waals surface area contributed by atoms with Crippen LogP contribution in [-0.4, -0.2) is 39.8 Å². The lowest BCUT2D eigenvalue weighted by Crippen LogP contribution is -2.43. The number of hydrogen-bond acceptors (Lipinski definition) is 2. The molecular formula is C17H36IN3O. The van der Waals surface area contributed by atoms with Gasteiger partial charge < -0.3 is 15.4 Å². The Hall–Kier alpha value is -0.0400. The number of aliphatic imine (C=N–C) groups is 1. The van der Waals surface area contributed by atoms with Gasteiger partial charge in [0.1, 0.15) is 0 Å². The van der Waals surface area contributed by atoms with E-state index in [-0.39, 0.29) is 24.0 Å². The van der Waals surface area contributed by atoms with Crippen LogP contribution < -0.4 is 10.6 Å². The van der Waals surface area contributed by atoms with Gasteiger partial charge in [0.05, 0.1) is 0 Å². The van der Waals surface area contributed by atoms with Crippen LogP contribution in [0, 0.1) is 5.41 Å². The van der Waals surface area contributed by atoms with Crippen molar-refractivity contribution in [1.29, 1.82) is 0 Å². The molecule has 0 bridgehead atoms. The summed E-state index contributed by atoms with van der Waals surface area (Å²) in [6, 6.07) is 0. The van der Waals surface area contributed by atoms with E-state index in [1.54, 1.807) is 7.11 Å². The number of nitrogens with one attached hydrogen (secondary N) is 2. The Morgan fingerprint density at radius 3 is 2.45 bits per heavy atom. The number of rotatable bonds is 10. The highest BCUT2D eigenvalue weighted by atomic mass is 127. The number of hydrogen-bond donors (Lipinski definition) is 2. The van der Waals surface area contributed by atoms with Crippen LogP contribution in [0.15, 0.2) is 4.99 Å². The second-order valence-electron chi connectivity index (χ2n) is 6.36. The molecule has 0 spiro atoms. The van der Waals surface area contributed by atoms with E-state index in [0.29, 0.717) is 5.41 Å². The molecule has 4 nitrogen and oxygen atoms in total. The van der Waals surface area contributed by atoms with E-state index in [9.17, 15) is 0 Å². The summed E-state index contributed by atoms with van der Waals surface area (Å²) >= 11 is 0. The average molecular weight is 425 g/mol. The van der Waals surface area contributed by atoms with E-state index in [1.807, 2.05) is 7.05 Å². The third kappa shape index (κ3) is 8.56. The lowest BCUT2D eigenvalue weighted by molar-refractivity contribution is 0.138. The first-order chi connectivity index (χ1) is 10.3. The molecule has 0 radical (unpaired) electrons. The highest BCUT2D eigenvalue weighted by molar-refractivity contribution is 14.0. The third-order valence-corrected chi connectivity index (χ3v) is 4.68. The maximum absolute atomic E-state index is 5.29. The Bertz CT molecular complexity index is 292. The molecule has 5 heteroatoms. The van der Waals surface area contributed by atoms with Crippen LogP contribution >= 0.6 is 24.0 Å². The number of ether oxygens (including phenoxy) is 1. The molecule has 1 saturated carbocycles. The quantitative estimate of drug-likeness (QED) is 0.241. The smallest absolute Gasteiger partial charge is 0.190 e. The Balaban J connectivity index is 0.00000441. The minimum absolute atomic E-state index is 0. The summed E-state index contributed by atoms with van der Waals surface area (Å²) in [5.74, 6) is 0.954. The summed E-state index contributed by atoms with van der Waals surface area (Å²) in [6.07, 6.45) is 11.6. The molecule has 0 saturated heterocycles. The predicted octanol–water partition coefficient (Wildman–Crippen LogP) is 3.95. The summed E-state index contributed by atoms with van der Waals surface area (Å²) in [5, 5.41) is 6.97. The zero-order chi connectivity index (χ0) is 15.4. The first-order valence-electron chi connectivity index (χ1n) is 8.70. The highest BCUT2D eigenvalue weighted by Gasteiger charge is 2.33. The van der Waals surface area contributed by atoms with E-state index in [0.717, 1.165) is 32.1 Å². The summed E-state index contributed by atoms with van der Waals surface area (Å²) in [5.41, 5.74) is 0.413. The fourth-order valence-electron chi connectivity index (χ4n) is 3.21. The van der Waals surface area contributed by atoms with Crippen LogP contribution in [0.5, 0.6) is 0 Å². The lowest BCUT2D eigenvalue weighted by Gasteiger charge is -2.30. The van der Waals surface area contributed by atoms with Gasteiger partial charge in [-0.1, -0.05) is 39.0 Å². The van der Waals surface area contributed by atoms with Crippen molar-refractivity contribution in [2.75, 3.05) is 33.9 Å². The SMILES string of the molecule is CCCCCCNC(=NC)NCC1(CCOC)CCCC1.I. The third-order valence-electron chi connectivity index (χ3n) is 4.68. The largest absolute Gasteiger partial charge is 0.385 e. The van der Waals surface area contributed by atoms with Gasteiger partial charge in [0.25, 0.3) is 0 Å². The molecule has 0 heterocycles. The van der Waals surface area contributed by atoms with E-state index in [4.69, 9.17) is 4.74 Å². The average Bonchev–Trinajstić information content (AvgIpc) is 2.97. The standard InChI is InChI=1S/C17H35N3O.HI/c1-4-5-6-9-13-19-16(18-2)20-15-17(12-14-21-3)10-7-8-11-17;/h4-15H2,1-3H3,(H2,18,19,20);1H. The van der Waals surface area contributed by atoms with Crippen LogP contribution in [0.25, 0.3) is 0 Å². The highest BCUT2D eigenvalue weighted by Crippen LogP contribution is 2.40. The number of guanidine groups is 1. The molecule has 1 aliphatic rings. The lowest BCUT2D eigenvalue weighted by atomic mass is 9.83. The molecule has 0 aromatic rings. The van der Waals surface area contributed by atoms with Crippen molar-refractivity contribution in [2.24, 2.45) is 10.4 Å². The molecule has 0 aromatic heterocycles. The number of methoxy groups -OCH3 is 1. The van der Waals surface area contributed by atoms with Crippen LogP contribution in [0.3, 0.4) is 0 Å². The number of halogens is 1. The molecule has 1 rings (SSSR count). The van der Waals surface area contributed by atoms with Gasteiger partial charge in [-0.2, -0.15) is 0 Å². The van der Waals surface area contributed by atoms with Crippen molar-refractivity contribution in [2.45, 2.75) is 64.7 Å². The topological polar surface area (TPSA) is 45.7 Å². The predicted molar refractivity (Wildman–Crippen MR) is 106 cm³/mol. The van der Waals surface area contributed by atoms with Gasteiger partial charge in [-0.3, -0.25) is 4.99 Å². The van der Waals surface area contributed by atoms with Gasteiger partial charge in [-0.05, 0) is 31.1 Å². The molecule has 0 amide bonds. The van der Waals surface area contributed by atoms with Crippen molar-refractivity contribution in [3.63, 3.8) is 0 Å². The molecule has 0 unspecified atom stereocenters. The van der Waals surface area contributed by atoms with E-state index in [2.05, 4.69) is 22.5 Å². The summed E-state index contributed by atoms with van der Waals surface area (Å²) in [6.45, 7) is 5.15. The molecular weight excluding hydrogens is 389 g/mol. The van der Waals surface area contributed by atoms with Crippen molar-refractivity contribution >= 4 is 29.9 Å². The van der Waals surface area contributed by atoms with Gasteiger partial charge >= 0.3 is 0 Å². The Kier molecular flexibility index (Phi) is 13.4. The maximum atomic E-state index is 5.29. The minimum Gasteiger partial charge on any atom is -0.385 e. The van der Waals surface area contributed by atoms with E-state index < -0.39 is 0 Å². The monoisotopic (exact) mass is 425 g/mol. The fourth-order valence-corrected chi connectivity index (χ4v) is 3.21. The normalized spacial score (nSPS) is 17.1. The Labute approximate surface area is 154 Å². The zero-order valence-corrected chi connectivity index (χ0v) is 17.1. The molecule has 2 N–H and O–H groups in total. The Morgan fingerprint density at radius 2 is 1.86 bits per heavy atom. The second-order valence-corrected chi connectivity index (χ2v) is 6.36. The summed E-state index contributed by atoms with van der Waals surface area (Å²) in [7, 11) is 3.66. The Morgan fingerprint density at radius 1 is 1.14 bits per heavy atom. The molecule has 1 aliphatic carbocycles. The first-order valence-corrected chi connectivity index (χ1v) is 8.70. The van der Waals surface area contributed by atoms with Crippen molar-refractivity contribution in [3.8, 4) is 0 Å². The fraction of sp³-hybridized carbons (Fsp3) is 0.941. The molecule has 0 atom stereocenters. The second kappa shape index (κ2) is 13.4. The summed E-state index contributed by atoms with van der Waals surface area (Å²) in [4.78, 5) is 4.34. The van der Waals surface area contributed by atoms with Crippen molar-refractivity contribution in [3.05, 3.63) is 0 Å². The van der Waals surface area contributed by atoms with Gasteiger partial charge in [-0.25, -0.2) is 0 Å². The van der Waals surface area contributed by atoms with Gasteiger partial charge in [-0.15, -0.1) is 24.0 Å². The van der Waals surface area contributed by atoms with Gasteiger partial charge in [0.15, 0.2) is 5.96 Å². The van der Waals surface area contributed by atoms with Crippen molar-refractivity contribution in [1.82, 2.24) is 10.6 Å².